The van der Waals surface area contributed by atoms with Crippen LogP contribution in [0.15, 0.2) is 0 Å². The average Bonchev–Trinajstić information content (AvgIpc) is 2.45. The molecule has 0 saturated heterocycles. The highest BCUT2D eigenvalue weighted by Gasteiger charge is 2.41. The number of rotatable bonds is 6. The zero-order valence-corrected chi connectivity index (χ0v) is 12.5. The fourth-order valence-electron chi connectivity index (χ4n) is 2.60. The van der Waals surface area contributed by atoms with Crippen molar-refractivity contribution in [3.8, 4) is 0 Å². The van der Waals surface area contributed by atoms with Crippen LogP contribution in [0.25, 0.3) is 0 Å². The van der Waals surface area contributed by atoms with Crippen LogP contribution in [-0.4, -0.2) is 23.6 Å². The maximum Gasteiger partial charge on any atom is 0.0237 e. The lowest BCUT2D eigenvalue weighted by Gasteiger charge is -2.31. The fourth-order valence-corrected chi connectivity index (χ4v) is 4.45. The van der Waals surface area contributed by atoms with Crippen molar-refractivity contribution in [2.45, 2.75) is 65.2 Å². The molecule has 2 unspecified atom stereocenters. The Labute approximate surface area is 106 Å². The van der Waals surface area contributed by atoms with Gasteiger partial charge in [0.15, 0.2) is 0 Å². The average molecular weight is 243 g/mol. The lowest BCUT2D eigenvalue weighted by Crippen LogP contribution is -2.43. The molecule has 1 aliphatic carbocycles. The first-order valence-electron chi connectivity index (χ1n) is 6.82. The Morgan fingerprint density at radius 1 is 1.38 bits per heavy atom. The van der Waals surface area contributed by atoms with Crippen LogP contribution in [0.1, 0.15) is 53.9 Å². The third-order valence-electron chi connectivity index (χ3n) is 3.74. The highest BCUT2D eigenvalue weighted by Crippen LogP contribution is 2.43. The van der Waals surface area contributed by atoms with E-state index < -0.39 is 0 Å². The Balaban J connectivity index is 2.40. The molecule has 1 nitrogen and oxygen atoms in total. The van der Waals surface area contributed by atoms with E-state index in [2.05, 4.69) is 51.7 Å². The smallest absolute Gasteiger partial charge is 0.0237 e. The first-order valence-corrected chi connectivity index (χ1v) is 7.87. The van der Waals surface area contributed by atoms with Gasteiger partial charge in [-0.1, -0.05) is 34.6 Å². The van der Waals surface area contributed by atoms with E-state index in [4.69, 9.17) is 0 Å². The van der Waals surface area contributed by atoms with Crippen molar-refractivity contribution in [3.05, 3.63) is 0 Å². The maximum atomic E-state index is 3.70. The summed E-state index contributed by atoms with van der Waals surface area (Å²) < 4.78 is 0. The molecule has 1 rings (SSSR count). The topological polar surface area (TPSA) is 12.0 Å². The first-order chi connectivity index (χ1) is 7.47. The number of hydrogen-bond acceptors (Lipinski definition) is 2. The minimum atomic E-state index is 0.492. The van der Waals surface area contributed by atoms with Gasteiger partial charge < -0.3 is 5.32 Å². The lowest BCUT2D eigenvalue weighted by atomic mass is 9.87. The summed E-state index contributed by atoms with van der Waals surface area (Å²) >= 11 is 2.20. The molecular weight excluding hydrogens is 214 g/mol. The largest absolute Gasteiger partial charge is 0.313 e. The lowest BCUT2D eigenvalue weighted by molar-refractivity contribution is 0.290. The van der Waals surface area contributed by atoms with Crippen LogP contribution in [0.3, 0.4) is 0 Å². The van der Waals surface area contributed by atoms with Crippen molar-refractivity contribution in [1.29, 1.82) is 0 Å². The van der Waals surface area contributed by atoms with Gasteiger partial charge in [0.2, 0.25) is 0 Å². The molecule has 2 heteroatoms. The molecule has 1 fully saturated rings. The number of thioether (sulfide) groups is 1. The van der Waals surface area contributed by atoms with Gasteiger partial charge in [-0.2, -0.15) is 11.8 Å². The first kappa shape index (κ1) is 14.4. The standard InChI is InChI=1S/C14H29NS/c1-6-15-13-12(7-9-14(13,4)5)16-10-8-11(2)3/h11-13,15H,6-10H2,1-5H3. The molecule has 0 radical (unpaired) electrons. The van der Waals surface area contributed by atoms with Gasteiger partial charge in [0, 0.05) is 11.3 Å². The fraction of sp³-hybridized carbons (Fsp3) is 1.00. The SMILES string of the molecule is CCNC1C(SCCC(C)C)CCC1(C)C. The third-order valence-corrected chi connectivity index (χ3v) is 5.15. The van der Waals surface area contributed by atoms with Crippen molar-refractivity contribution >= 4 is 11.8 Å². The van der Waals surface area contributed by atoms with Crippen LogP contribution in [-0.2, 0) is 0 Å². The van der Waals surface area contributed by atoms with E-state index in [0.717, 1.165) is 23.8 Å². The highest BCUT2D eigenvalue weighted by molar-refractivity contribution is 7.99. The van der Waals surface area contributed by atoms with Gasteiger partial charge in [-0.25, -0.2) is 0 Å². The molecule has 0 spiro atoms. The van der Waals surface area contributed by atoms with Crippen molar-refractivity contribution in [1.82, 2.24) is 5.32 Å². The Morgan fingerprint density at radius 2 is 2.06 bits per heavy atom. The summed E-state index contributed by atoms with van der Waals surface area (Å²) in [5.41, 5.74) is 0.492. The maximum absolute atomic E-state index is 3.70. The van der Waals surface area contributed by atoms with E-state index in [1.807, 2.05) is 0 Å². The molecule has 96 valence electrons. The van der Waals surface area contributed by atoms with Gasteiger partial charge in [-0.05, 0) is 42.9 Å². The minimum Gasteiger partial charge on any atom is -0.313 e. The number of nitrogens with one attached hydrogen (secondary N) is 1. The Morgan fingerprint density at radius 3 is 2.62 bits per heavy atom. The summed E-state index contributed by atoms with van der Waals surface area (Å²) in [5.74, 6) is 2.18. The van der Waals surface area contributed by atoms with Gasteiger partial charge >= 0.3 is 0 Å². The van der Waals surface area contributed by atoms with E-state index in [9.17, 15) is 0 Å². The Hall–Kier alpha value is 0.310. The van der Waals surface area contributed by atoms with Gasteiger partial charge in [-0.3, -0.25) is 0 Å². The van der Waals surface area contributed by atoms with Gasteiger partial charge in [-0.15, -0.1) is 0 Å². The summed E-state index contributed by atoms with van der Waals surface area (Å²) in [6, 6.07) is 0.717. The second kappa shape index (κ2) is 6.30. The van der Waals surface area contributed by atoms with Crippen LogP contribution < -0.4 is 5.32 Å². The van der Waals surface area contributed by atoms with Crippen LogP contribution in [0.2, 0.25) is 0 Å². The number of hydrogen-bond donors (Lipinski definition) is 1. The summed E-state index contributed by atoms with van der Waals surface area (Å²) in [4.78, 5) is 0. The molecule has 0 aromatic rings. The van der Waals surface area contributed by atoms with E-state index in [0.29, 0.717) is 5.41 Å². The minimum absolute atomic E-state index is 0.492. The van der Waals surface area contributed by atoms with Gasteiger partial charge in [0.1, 0.15) is 0 Å². The van der Waals surface area contributed by atoms with E-state index in [1.54, 1.807) is 0 Å². The van der Waals surface area contributed by atoms with E-state index in [1.165, 1.54) is 25.0 Å². The van der Waals surface area contributed by atoms with E-state index >= 15 is 0 Å². The second-order valence-corrected chi connectivity index (χ2v) is 7.50. The van der Waals surface area contributed by atoms with Crippen LogP contribution in [0.5, 0.6) is 0 Å². The highest BCUT2D eigenvalue weighted by atomic mass is 32.2. The van der Waals surface area contributed by atoms with Crippen molar-refractivity contribution in [3.63, 3.8) is 0 Å². The van der Waals surface area contributed by atoms with Crippen molar-refractivity contribution in [2.75, 3.05) is 12.3 Å². The predicted octanol–water partition coefficient (Wildman–Crippen LogP) is 3.93. The Bertz CT molecular complexity index is 201. The summed E-state index contributed by atoms with van der Waals surface area (Å²) in [7, 11) is 0. The van der Waals surface area contributed by atoms with Crippen LogP contribution >= 0.6 is 11.8 Å². The normalized spacial score (nSPS) is 28.9. The third kappa shape index (κ3) is 3.96. The molecule has 0 bridgehead atoms. The molecule has 0 aromatic carbocycles. The zero-order valence-electron chi connectivity index (χ0n) is 11.7. The second-order valence-electron chi connectivity index (χ2n) is 6.15. The zero-order chi connectivity index (χ0) is 12.2. The predicted molar refractivity (Wildman–Crippen MR) is 76.2 cm³/mol. The van der Waals surface area contributed by atoms with Crippen LogP contribution in [0.4, 0.5) is 0 Å². The monoisotopic (exact) mass is 243 g/mol. The quantitative estimate of drug-likeness (QED) is 0.758. The molecule has 0 heterocycles. The van der Waals surface area contributed by atoms with Crippen LogP contribution in [0, 0.1) is 11.3 Å². The Kier molecular flexibility index (Phi) is 5.66. The molecule has 16 heavy (non-hydrogen) atoms. The summed E-state index contributed by atoms with van der Waals surface area (Å²) in [5, 5.41) is 4.54. The molecule has 2 atom stereocenters. The summed E-state index contributed by atoms with van der Waals surface area (Å²) in [6.07, 6.45) is 4.14. The molecule has 0 amide bonds. The van der Waals surface area contributed by atoms with E-state index in [-0.39, 0.29) is 0 Å². The molecular formula is C14H29NS. The molecule has 0 aromatic heterocycles. The van der Waals surface area contributed by atoms with Gasteiger partial charge in [0.05, 0.1) is 0 Å². The summed E-state index contributed by atoms with van der Waals surface area (Å²) in [6.45, 7) is 12.8. The van der Waals surface area contributed by atoms with Crippen molar-refractivity contribution < 1.29 is 0 Å². The van der Waals surface area contributed by atoms with Gasteiger partial charge in [0.25, 0.3) is 0 Å². The molecule has 1 N–H and O–H groups in total. The molecule has 1 saturated carbocycles. The molecule has 1 aliphatic rings. The van der Waals surface area contributed by atoms with Crippen molar-refractivity contribution in [2.24, 2.45) is 11.3 Å². The molecule has 0 aliphatic heterocycles.